The van der Waals surface area contributed by atoms with Gasteiger partial charge < -0.3 is 5.11 Å². The van der Waals surface area contributed by atoms with E-state index in [-0.39, 0.29) is 11.5 Å². The minimum atomic E-state index is -0.164. The number of Topliss-reactive ketones (excluding diaryl/α,β-unsaturated/α-hetero) is 1. The van der Waals surface area contributed by atoms with Gasteiger partial charge in [0.1, 0.15) is 5.78 Å². The van der Waals surface area contributed by atoms with Gasteiger partial charge >= 0.3 is 0 Å². The minimum Gasteiger partial charge on any atom is -0.393 e. The molecule has 0 spiro atoms. The molecule has 2 heteroatoms. The summed E-state index contributed by atoms with van der Waals surface area (Å²) in [6, 6.07) is 0. The second kappa shape index (κ2) is 3.56. The van der Waals surface area contributed by atoms with Crippen molar-refractivity contribution in [2.24, 2.45) is 5.41 Å². The van der Waals surface area contributed by atoms with E-state index >= 15 is 0 Å². The maximum Gasteiger partial charge on any atom is 0.138 e. The molecule has 70 valence electrons. The molecule has 0 saturated heterocycles. The fourth-order valence-electron chi connectivity index (χ4n) is 1.95. The number of aliphatic hydroxyl groups is 1. The Morgan fingerprint density at radius 2 is 2.00 bits per heavy atom. The minimum absolute atomic E-state index is 0.131. The Hall–Kier alpha value is -0.370. The molecule has 0 aromatic heterocycles. The summed E-state index contributed by atoms with van der Waals surface area (Å²) < 4.78 is 0. The fraction of sp³-hybridized carbons (Fsp3) is 0.900. The molecule has 1 rings (SSSR count). The Morgan fingerprint density at radius 3 is 2.42 bits per heavy atom. The average Bonchev–Trinajstić information content (AvgIpc) is 2.09. The lowest BCUT2D eigenvalue weighted by atomic mass is 9.71. The smallest absolute Gasteiger partial charge is 0.138 e. The highest BCUT2D eigenvalue weighted by molar-refractivity contribution is 5.84. The molecule has 1 aliphatic rings. The number of carbonyl (C=O) groups is 1. The molecule has 1 fully saturated rings. The van der Waals surface area contributed by atoms with E-state index in [1.54, 1.807) is 0 Å². The molecule has 1 saturated carbocycles. The van der Waals surface area contributed by atoms with Crippen LogP contribution in [0.2, 0.25) is 0 Å². The van der Waals surface area contributed by atoms with Gasteiger partial charge in [0.25, 0.3) is 0 Å². The van der Waals surface area contributed by atoms with Crippen molar-refractivity contribution in [1.82, 2.24) is 0 Å². The molecule has 0 bridgehead atoms. The van der Waals surface area contributed by atoms with Crippen molar-refractivity contribution in [2.45, 2.75) is 52.1 Å². The molecular weight excluding hydrogens is 152 g/mol. The van der Waals surface area contributed by atoms with Crippen molar-refractivity contribution < 1.29 is 9.90 Å². The van der Waals surface area contributed by atoms with Crippen LogP contribution in [0.4, 0.5) is 0 Å². The number of carbonyl (C=O) groups excluding carboxylic acids is 1. The third kappa shape index (κ3) is 1.86. The van der Waals surface area contributed by atoms with E-state index < -0.39 is 0 Å². The number of hydrogen-bond donors (Lipinski definition) is 1. The average molecular weight is 170 g/mol. The van der Waals surface area contributed by atoms with Crippen LogP contribution < -0.4 is 0 Å². The molecular formula is C10H18O2. The Bertz CT molecular complexity index is 167. The molecule has 1 N–H and O–H groups in total. The van der Waals surface area contributed by atoms with E-state index in [9.17, 15) is 9.90 Å². The van der Waals surface area contributed by atoms with Crippen LogP contribution in [0, 0.1) is 5.41 Å². The van der Waals surface area contributed by atoms with Crippen molar-refractivity contribution in [2.75, 3.05) is 0 Å². The third-order valence-electron chi connectivity index (χ3n) is 3.05. The maximum absolute atomic E-state index is 11.5. The predicted molar refractivity (Wildman–Crippen MR) is 47.9 cm³/mol. The zero-order valence-corrected chi connectivity index (χ0v) is 7.97. The molecule has 0 atom stereocenters. The first-order valence-electron chi connectivity index (χ1n) is 4.80. The van der Waals surface area contributed by atoms with Gasteiger partial charge in [0.05, 0.1) is 6.10 Å². The predicted octanol–water partition coefficient (Wildman–Crippen LogP) is 1.91. The summed E-state index contributed by atoms with van der Waals surface area (Å²) in [4.78, 5) is 11.5. The van der Waals surface area contributed by atoms with Crippen molar-refractivity contribution in [3.8, 4) is 0 Å². The third-order valence-corrected chi connectivity index (χ3v) is 3.05. The Labute approximate surface area is 74.0 Å². The summed E-state index contributed by atoms with van der Waals surface area (Å²) in [6.45, 7) is 3.95. The maximum atomic E-state index is 11.5. The van der Waals surface area contributed by atoms with Crippen LogP contribution in [0.25, 0.3) is 0 Å². The normalized spacial score (nSPS) is 36.4. The van der Waals surface area contributed by atoms with Gasteiger partial charge in [-0.1, -0.05) is 13.8 Å². The van der Waals surface area contributed by atoms with Gasteiger partial charge in [-0.15, -0.1) is 0 Å². The first kappa shape index (κ1) is 9.72. The van der Waals surface area contributed by atoms with Gasteiger partial charge in [-0.05, 0) is 25.7 Å². The Morgan fingerprint density at radius 1 is 1.50 bits per heavy atom. The highest BCUT2D eigenvalue weighted by atomic mass is 16.3. The lowest BCUT2D eigenvalue weighted by Gasteiger charge is -2.34. The van der Waals surface area contributed by atoms with Crippen LogP contribution in [-0.2, 0) is 4.79 Å². The first-order chi connectivity index (χ1) is 5.58. The molecule has 0 radical (unpaired) electrons. The van der Waals surface area contributed by atoms with Crippen LogP contribution in [0.1, 0.15) is 46.0 Å². The monoisotopic (exact) mass is 170 g/mol. The number of hydrogen-bond acceptors (Lipinski definition) is 2. The van der Waals surface area contributed by atoms with Gasteiger partial charge in [0.15, 0.2) is 0 Å². The molecule has 0 aliphatic heterocycles. The number of aliphatic hydroxyl groups excluding tert-OH is 1. The van der Waals surface area contributed by atoms with Crippen LogP contribution in [0.15, 0.2) is 0 Å². The van der Waals surface area contributed by atoms with E-state index in [0.29, 0.717) is 12.2 Å². The molecule has 1 aliphatic carbocycles. The zero-order valence-electron chi connectivity index (χ0n) is 7.97. The molecule has 2 nitrogen and oxygen atoms in total. The second-order valence-corrected chi connectivity index (χ2v) is 4.07. The van der Waals surface area contributed by atoms with Crippen LogP contribution in [0.5, 0.6) is 0 Å². The standard InChI is InChI=1S/C10H18O2/c1-3-9(12)10(2)6-4-8(11)5-7-10/h8,11H,3-7H2,1-2H3. The topological polar surface area (TPSA) is 37.3 Å². The van der Waals surface area contributed by atoms with Gasteiger partial charge in [0.2, 0.25) is 0 Å². The summed E-state index contributed by atoms with van der Waals surface area (Å²) in [6.07, 6.45) is 3.78. The van der Waals surface area contributed by atoms with E-state index in [0.717, 1.165) is 25.7 Å². The van der Waals surface area contributed by atoms with Crippen molar-refractivity contribution in [3.05, 3.63) is 0 Å². The Balaban J connectivity index is 2.55. The van der Waals surface area contributed by atoms with E-state index in [2.05, 4.69) is 0 Å². The fourth-order valence-corrected chi connectivity index (χ4v) is 1.95. The molecule has 0 unspecified atom stereocenters. The highest BCUT2D eigenvalue weighted by Gasteiger charge is 2.35. The van der Waals surface area contributed by atoms with Crippen molar-refractivity contribution >= 4 is 5.78 Å². The largest absolute Gasteiger partial charge is 0.393 e. The molecule has 12 heavy (non-hydrogen) atoms. The van der Waals surface area contributed by atoms with Crippen LogP contribution >= 0.6 is 0 Å². The van der Waals surface area contributed by atoms with Crippen LogP contribution in [0.3, 0.4) is 0 Å². The summed E-state index contributed by atoms with van der Waals surface area (Å²) in [5.41, 5.74) is -0.131. The summed E-state index contributed by atoms with van der Waals surface area (Å²) in [5.74, 6) is 0.356. The van der Waals surface area contributed by atoms with Gasteiger partial charge in [0, 0.05) is 11.8 Å². The van der Waals surface area contributed by atoms with Crippen LogP contribution in [-0.4, -0.2) is 17.0 Å². The van der Waals surface area contributed by atoms with Gasteiger partial charge in [-0.25, -0.2) is 0 Å². The van der Waals surface area contributed by atoms with Crippen molar-refractivity contribution in [1.29, 1.82) is 0 Å². The molecule has 0 amide bonds. The zero-order chi connectivity index (χ0) is 9.19. The lowest BCUT2D eigenvalue weighted by molar-refractivity contribution is -0.130. The molecule has 0 aromatic carbocycles. The molecule has 0 aromatic rings. The van der Waals surface area contributed by atoms with Crippen molar-refractivity contribution in [3.63, 3.8) is 0 Å². The first-order valence-corrected chi connectivity index (χ1v) is 4.80. The SMILES string of the molecule is CCC(=O)C1(C)CCC(O)CC1. The van der Waals surface area contributed by atoms with E-state index in [1.165, 1.54) is 0 Å². The van der Waals surface area contributed by atoms with E-state index in [4.69, 9.17) is 0 Å². The number of rotatable bonds is 2. The van der Waals surface area contributed by atoms with Gasteiger partial charge in [-0.2, -0.15) is 0 Å². The lowest BCUT2D eigenvalue weighted by Crippen LogP contribution is -2.33. The second-order valence-electron chi connectivity index (χ2n) is 4.07. The number of ketones is 1. The quantitative estimate of drug-likeness (QED) is 0.687. The highest BCUT2D eigenvalue weighted by Crippen LogP contribution is 2.37. The summed E-state index contributed by atoms with van der Waals surface area (Å²) in [7, 11) is 0. The Kier molecular flexibility index (Phi) is 2.89. The van der Waals surface area contributed by atoms with Gasteiger partial charge in [-0.3, -0.25) is 4.79 Å². The summed E-state index contributed by atoms with van der Waals surface area (Å²) in [5, 5.41) is 9.28. The van der Waals surface area contributed by atoms with E-state index in [1.807, 2.05) is 13.8 Å². The molecule has 0 heterocycles. The summed E-state index contributed by atoms with van der Waals surface area (Å²) >= 11 is 0.